The molecule has 1 heterocycles. The van der Waals surface area contributed by atoms with Crippen molar-refractivity contribution >= 4 is 20.8 Å². The van der Waals surface area contributed by atoms with Gasteiger partial charge >= 0.3 is 0 Å². The molecule has 5 nitrogen and oxygen atoms in total. The second-order valence-corrected chi connectivity index (χ2v) is 10.9. The van der Waals surface area contributed by atoms with Gasteiger partial charge in [0, 0.05) is 0 Å². The summed E-state index contributed by atoms with van der Waals surface area (Å²) < 4.78 is 41.8. The minimum Gasteiger partial charge on any atom is -0.342 e. The van der Waals surface area contributed by atoms with Crippen LogP contribution in [0.25, 0.3) is 10.8 Å². The molecule has 6 heteroatoms. The fraction of sp³-hybridized carbons (Fsp3) is 0.360. The standard InChI is InChI=1S/C25H29NO4S/c1-17-10-14-21(15-11-17)31(27,28)26-22(23-29-24(2,3)25(4,5)30-23)20-13-12-18-8-6-7-9-19(18)16-20/h6-16,22-23,26H,1-5H3/t22-/m1/s1. The maximum atomic E-state index is 13.2. The Morgan fingerprint density at radius 3 is 2.03 bits per heavy atom. The van der Waals surface area contributed by atoms with Gasteiger partial charge in [-0.2, -0.15) is 4.72 Å². The predicted molar refractivity (Wildman–Crippen MR) is 122 cm³/mol. The first-order chi connectivity index (χ1) is 14.5. The van der Waals surface area contributed by atoms with Crippen molar-refractivity contribution in [3.8, 4) is 0 Å². The number of fused-ring (bicyclic) bond motifs is 1. The molecule has 1 N–H and O–H groups in total. The molecule has 0 spiro atoms. The smallest absolute Gasteiger partial charge is 0.241 e. The third kappa shape index (κ3) is 4.26. The maximum Gasteiger partial charge on any atom is 0.241 e. The van der Waals surface area contributed by atoms with Crippen LogP contribution in [0.4, 0.5) is 0 Å². The van der Waals surface area contributed by atoms with Gasteiger partial charge in [-0.25, -0.2) is 8.42 Å². The molecular formula is C25H29NO4S. The Kier molecular flexibility index (Phi) is 5.46. The minimum absolute atomic E-state index is 0.209. The maximum absolute atomic E-state index is 13.2. The Bertz CT molecular complexity index is 1180. The van der Waals surface area contributed by atoms with Gasteiger partial charge in [-0.1, -0.05) is 54.1 Å². The molecule has 3 aromatic carbocycles. The van der Waals surface area contributed by atoms with Gasteiger partial charge in [0.1, 0.15) is 0 Å². The summed E-state index contributed by atoms with van der Waals surface area (Å²) in [5.74, 6) is 0. The molecule has 0 radical (unpaired) electrons. The Hall–Kier alpha value is -2.25. The highest BCUT2D eigenvalue weighted by atomic mass is 32.2. The lowest BCUT2D eigenvalue weighted by atomic mass is 9.90. The van der Waals surface area contributed by atoms with Crippen LogP contribution in [0.3, 0.4) is 0 Å². The van der Waals surface area contributed by atoms with E-state index in [0.29, 0.717) is 0 Å². The number of rotatable bonds is 5. The van der Waals surface area contributed by atoms with Gasteiger partial charge in [0.25, 0.3) is 0 Å². The number of aryl methyl sites for hydroxylation is 1. The van der Waals surface area contributed by atoms with E-state index in [9.17, 15) is 8.42 Å². The Morgan fingerprint density at radius 2 is 1.42 bits per heavy atom. The first kappa shape index (κ1) is 22.0. The molecule has 0 saturated carbocycles. The number of sulfonamides is 1. The summed E-state index contributed by atoms with van der Waals surface area (Å²) in [6, 6.07) is 20.0. The summed E-state index contributed by atoms with van der Waals surface area (Å²) in [5, 5.41) is 2.11. The normalized spacial score (nSPS) is 19.5. The van der Waals surface area contributed by atoms with Crippen molar-refractivity contribution in [3.63, 3.8) is 0 Å². The fourth-order valence-electron chi connectivity index (χ4n) is 3.66. The van der Waals surface area contributed by atoms with Crippen LogP contribution < -0.4 is 4.72 Å². The zero-order valence-corrected chi connectivity index (χ0v) is 19.4. The van der Waals surface area contributed by atoms with Gasteiger partial charge in [0.2, 0.25) is 10.0 Å². The van der Waals surface area contributed by atoms with Crippen molar-refractivity contribution in [1.82, 2.24) is 4.72 Å². The van der Waals surface area contributed by atoms with E-state index >= 15 is 0 Å². The highest BCUT2D eigenvalue weighted by Gasteiger charge is 2.52. The molecule has 0 bridgehead atoms. The molecule has 0 aliphatic carbocycles. The lowest BCUT2D eigenvalue weighted by Gasteiger charge is -2.30. The summed E-state index contributed by atoms with van der Waals surface area (Å²) in [7, 11) is -3.80. The van der Waals surface area contributed by atoms with Crippen molar-refractivity contribution in [2.75, 3.05) is 0 Å². The van der Waals surface area contributed by atoms with Crippen molar-refractivity contribution in [2.24, 2.45) is 0 Å². The Labute approximate surface area is 184 Å². The van der Waals surface area contributed by atoms with E-state index in [0.717, 1.165) is 21.9 Å². The Balaban J connectivity index is 1.76. The zero-order valence-electron chi connectivity index (χ0n) is 18.5. The topological polar surface area (TPSA) is 64.6 Å². The quantitative estimate of drug-likeness (QED) is 0.601. The van der Waals surface area contributed by atoms with E-state index in [1.54, 1.807) is 24.3 Å². The molecule has 1 aliphatic rings. The number of hydrogen-bond donors (Lipinski definition) is 1. The molecule has 0 unspecified atom stereocenters. The van der Waals surface area contributed by atoms with E-state index in [-0.39, 0.29) is 4.90 Å². The number of benzene rings is 3. The molecule has 0 amide bonds. The van der Waals surface area contributed by atoms with Crippen molar-refractivity contribution in [3.05, 3.63) is 77.9 Å². The van der Waals surface area contributed by atoms with E-state index in [2.05, 4.69) is 4.72 Å². The van der Waals surface area contributed by atoms with Gasteiger partial charge < -0.3 is 9.47 Å². The average molecular weight is 440 g/mol. The fourth-order valence-corrected chi connectivity index (χ4v) is 4.87. The second kappa shape index (κ2) is 7.71. The van der Waals surface area contributed by atoms with Gasteiger partial charge in [-0.05, 0) is 69.2 Å². The van der Waals surface area contributed by atoms with Gasteiger partial charge in [0.15, 0.2) is 6.29 Å². The van der Waals surface area contributed by atoms with Crippen molar-refractivity contribution < 1.29 is 17.9 Å². The molecule has 31 heavy (non-hydrogen) atoms. The van der Waals surface area contributed by atoms with Crippen LogP contribution in [0.1, 0.15) is 44.9 Å². The van der Waals surface area contributed by atoms with Crippen molar-refractivity contribution in [2.45, 2.75) is 63.0 Å². The largest absolute Gasteiger partial charge is 0.342 e. The van der Waals surface area contributed by atoms with Crippen LogP contribution in [0.5, 0.6) is 0 Å². The minimum atomic E-state index is -3.80. The zero-order chi connectivity index (χ0) is 22.4. The average Bonchev–Trinajstić information content (AvgIpc) is 2.93. The van der Waals surface area contributed by atoms with E-state index in [1.165, 1.54) is 0 Å². The molecule has 1 fully saturated rings. The summed E-state index contributed by atoms with van der Waals surface area (Å²) >= 11 is 0. The summed E-state index contributed by atoms with van der Waals surface area (Å²) in [6.07, 6.45) is -0.772. The predicted octanol–water partition coefficient (Wildman–Crippen LogP) is 5.10. The molecule has 0 aromatic heterocycles. The Morgan fingerprint density at radius 1 is 0.839 bits per heavy atom. The van der Waals surface area contributed by atoms with Crippen LogP contribution in [0.2, 0.25) is 0 Å². The molecule has 1 atom stereocenters. The van der Waals surface area contributed by atoms with Crippen LogP contribution >= 0.6 is 0 Å². The lowest BCUT2D eigenvalue weighted by Crippen LogP contribution is -2.41. The van der Waals surface area contributed by atoms with Crippen LogP contribution in [-0.2, 0) is 19.5 Å². The molecule has 1 saturated heterocycles. The molecule has 164 valence electrons. The van der Waals surface area contributed by atoms with Crippen LogP contribution in [0, 0.1) is 6.92 Å². The molecule has 1 aliphatic heterocycles. The third-order valence-corrected chi connectivity index (χ3v) is 7.75. The van der Waals surface area contributed by atoms with Gasteiger partial charge in [-0.3, -0.25) is 0 Å². The second-order valence-electron chi connectivity index (χ2n) is 9.14. The molecule has 3 aromatic rings. The van der Waals surface area contributed by atoms with Crippen LogP contribution in [-0.4, -0.2) is 25.9 Å². The van der Waals surface area contributed by atoms with Crippen LogP contribution in [0.15, 0.2) is 71.6 Å². The monoisotopic (exact) mass is 439 g/mol. The number of ether oxygens (including phenoxy) is 2. The van der Waals surface area contributed by atoms with Gasteiger partial charge in [-0.15, -0.1) is 0 Å². The van der Waals surface area contributed by atoms with E-state index in [4.69, 9.17) is 9.47 Å². The highest BCUT2D eigenvalue weighted by molar-refractivity contribution is 7.89. The SMILES string of the molecule is Cc1ccc(S(=O)(=O)N[C@H](c2ccc3ccccc3c2)C2OC(C)(C)C(C)(C)O2)cc1. The third-order valence-electron chi connectivity index (χ3n) is 6.29. The summed E-state index contributed by atoms with van der Waals surface area (Å²) in [6.45, 7) is 9.75. The van der Waals surface area contributed by atoms with Gasteiger partial charge in [0.05, 0.1) is 22.1 Å². The summed E-state index contributed by atoms with van der Waals surface area (Å²) in [5.41, 5.74) is 0.619. The lowest BCUT2D eigenvalue weighted by molar-refractivity contribution is -0.105. The first-order valence-corrected chi connectivity index (χ1v) is 11.9. The molecular weight excluding hydrogens is 410 g/mol. The number of hydrogen-bond acceptors (Lipinski definition) is 4. The number of nitrogens with one attached hydrogen (secondary N) is 1. The van der Waals surface area contributed by atoms with Crippen molar-refractivity contribution in [1.29, 1.82) is 0 Å². The summed E-state index contributed by atoms with van der Waals surface area (Å²) in [4.78, 5) is 0.209. The molecule has 4 rings (SSSR count). The van der Waals surface area contributed by atoms with E-state index in [1.807, 2.05) is 77.1 Å². The first-order valence-electron chi connectivity index (χ1n) is 10.4. The highest BCUT2D eigenvalue weighted by Crippen LogP contribution is 2.42. The van der Waals surface area contributed by atoms with E-state index < -0.39 is 33.6 Å².